The highest BCUT2D eigenvalue weighted by molar-refractivity contribution is 6.33. The van der Waals surface area contributed by atoms with Gasteiger partial charge in [0.05, 0.1) is 10.6 Å². The monoisotopic (exact) mass is 220 g/mol. The fourth-order valence-corrected chi connectivity index (χ4v) is 1.39. The molecule has 0 atom stereocenters. The zero-order valence-electron chi connectivity index (χ0n) is 7.45. The van der Waals surface area contributed by atoms with Gasteiger partial charge in [-0.2, -0.15) is 13.2 Å². The molecule has 0 saturated carbocycles. The summed E-state index contributed by atoms with van der Waals surface area (Å²) in [6.07, 6.45) is -3.26. The van der Waals surface area contributed by atoms with E-state index >= 15 is 0 Å². The predicted octanol–water partition coefficient (Wildman–Crippen LogP) is 4.31. The van der Waals surface area contributed by atoms with E-state index in [0.717, 1.165) is 12.1 Å². The van der Waals surface area contributed by atoms with E-state index in [1.807, 2.05) is 0 Å². The van der Waals surface area contributed by atoms with Crippen LogP contribution < -0.4 is 0 Å². The molecule has 0 fully saturated rings. The molecule has 1 aromatic carbocycles. The van der Waals surface area contributed by atoms with Gasteiger partial charge in [0.15, 0.2) is 0 Å². The van der Waals surface area contributed by atoms with Crippen LogP contribution >= 0.6 is 11.6 Å². The minimum Gasteiger partial charge on any atom is -0.166 e. The summed E-state index contributed by atoms with van der Waals surface area (Å²) in [7, 11) is 0. The molecule has 0 radical (unpaired) electrons. The van der Waals surface area contributed by atoms with Gasteiger partial charge in [0.1, 0.15) is 0 Å². The molecule has 76 valence electrons. The standard InChI is InChI=1S/C10H8ClF3/c1-3-7-8(10(12,13)14)5-4-6(2)9(7)11/h3-5H,1H2,2H3. The Bertz CT molecular complexity index is 366. The van der Waals surface area contributed by atoms with E-state index in [9.17, 15) is 13.2 Å². The molecule has 1 aromatic rings. The molecule has 0 aliphatic rings. The van der Waals surface area contributed by atoms with Gasteiger partial charge in [-0.05, 0) is 18.6 Å². The fraction of sp³-hybridized carbons (Fsp3) is 0.200. The molecule has 0 N–H and O–H groups in total. The van der Waals surface area contributed by atoms with E-state index in [4.69, 9.17) is 11.6 Å². The van der Waals surface area contributed by atoms with E-state index in [0.29, 0.717) is 5.56 Å². The Hall–Kier alpha value is -0.960. The summed E-state index contributed by atoms with van der Waals surface area (Å²) in [4.78, 5) is 0. The number of hydrogen-bond acceptors (Lipinski definition) is 0. The smallest absolute Gasteiger partial charge is 0.166 e. The summed E-state index contributed by atoms with van der Waals surface area (Å²) in [6.45, 7) is 4.97. The van der Waals surface area contributed by atoms with Crippen LogP contribution in [-0.2, 0) is 6.18 Å². The Labute approximate surface area is 85.0 Å². The Balaban J connectivity index is 3.47. The van der Waals surface area contributed by atoms with Crippen molar-refractivity contribution in [2.75, 3.05) is 0 Å². The van der Waals surface area contributed by atoms with E-state index in [1.165, 1.54) is 6.07 Å². The second-order valence-corrected chi connectivity index (χ2v) is 3.24. The quantitative estimate of drug-likeness (QED) is 0.662. The van der Waals surface area contributed by atoms with Gasteiger partial charge >= 0.3 is 6.18 Å². The SMILES string of the molecule is C=Cc1c(C(F)(F)F)ccc(C)c1Cl. The van der Waals surface area contributed by atoms with Gasteiger partial charge in [0.2, 0.25) is 0 Å². The normalized spacial score (nSPS) is 11.5. The van der Waals surface area contributed by atoms with E-state index in [2.05, 4.69) is 6.58 Å². The zero-order chi connectivity index (χ0) is 10.9. The molecule has 0 aliphatic heterocycles. The lowest BCUT2D eigenvalue weighted by Gasteiger charge is -2.12. The Morgan fingerprint density at radius 3 is 2.36 bits per heavy atom. The minimum atomic E-state index is -4.39. The highest BCUT2D eigenvalue weighted by Gasteiger charge is 2.33. The molecule has 0 saturated heterocycles. The average molecular weight is 221 g/mol. The van der Waals surface area contributed by atoms with Crippen molar-refractivity contribution in [2.45, 2.75) is 13.1 Å². The maximum Gasteiger partial charge on any atom is 0.417 e. The number of benzene rings is 1. The summed E-state index contributed by atoms with van der Waals surface area (Å²) in [5.74, 6) is 0. The summed E-state index contributed by atoms with van der Waals surface area (Å²) in [6, 6.07) is 2.36. The van der Waals surface area contributed by atoms with E-state index in [-0.39, 0.29) is 10.6 Å². The summed E-state index contributed by atoms with van der Waals surface area (Å²) in [5.41, 5.74) is -0.197. The molecule has 0 aliphatic carbocycles. The molecular formula is C10H8ClF3. The largest absolute Gasteiger partial charge is 0.417 e. The molecule has 14 heavy (non-hydrogen) atoms. The summed E-state index contributed by atoms with van der Waals surface area (Å²) in [5, 5.41) is 0.106. The lowest BCUT2D eigenvalue weighted by molar-refractivity contribution is -0.137. The fourth-order valence-electron chi connectivity index (χ4n) is 1.15. The van der Waals surface area contributed by atoms with Crippen LogP contribution in [0.3, 0.4) is 0 Å². The van der Waals surface area contributed by atoms with Gasteiger partial charge < -0.3 is 0 Å². The second-order valence-electron chi connectivity index (χ2n) is 2.86. The molecule has 0 unspecified atom stereocenters. The maximum atomic E-state index is 12.4. The minimum absolute atomic E-state index is 0.0563. The summed E-state index contributed by atoms with van der Waals surface area (Å²) < 4.78 is 37.3. The van der Waals surface area contributed by atoms with Crippen LogP contribution in [0.25, 0.3) is 6.08 Å². The summed E-state index contributed by atoms with van der Waals surface area (Å²) >= 11 is 5.73. The van der Waals surface area contributed by atoms with Crippen LogP contribution in [0.2, 0.25) is 5.02 Å². The van der Waals surface area contributed by atoms with Crippen molar-refractivity contribution in [3.05, 3.63) is 40.4 Å². The van der Waals surface area contributed by atoms with Gasteiger partial charge in [0, 0.05) is 5.56 Å². The average Bonchev–Trinajstić information content (AvgIpc) is 2.07. The van der Waals surface area contributed by atoms with Gasteiger partial charge in [-0.15, -0.1) is 0 Å². The first-order valence-electron chi connectivity index (χ1n) is 3.86. The maximum absolute atomic E-state index is 12.4. The number of alkyl halides is 3. The molecule has 1 rings (SSSR count). The van der Waals surface area contributed by atoms with E-state index in [1.54, 1.807) is 6.92 Å². The van der Waals surface area contributed by atoms with Gasteiger partial charge in [0.25, 0.3) is 0 Å². The predicted molar refractivity (Wildman–Crippen MR) is 51.3 cm³/mol. The van der Waals surface area contributed by atoms with Crippen molar-refractivity contribution in [2.24, 2.45) is 0 Å². The molecule has 0 bridgehead atoms. The number of rotatable bonds is 1. The second kappa shape index (κ2) is 3.65. The van der Waals surface area contributed by atoms with Crippen molar-refractivity contribution in [1.82, 2.24) is 0 Å². The third-order valence-electron chi connectivity index (χ3n) is 1.88. The van der Waals surface area contributed by atoms with Crippen molar-refractivity contribution in [1.29, 1.82) is 0 Å². The Morgan fingerprint density at radius 1 is 1.36 bits per heavy atom. The van der Waals surface area contributed by atoms with Crippen LogP contribution in [0, 0.1) is 6.92 Å². The van der Waals surface area contributed by atoms with Crippen LogP contribution in [-0.4, -0.2) is 0 Å². The molecule has 4 heteroatoms. The first-order valence-corrected chi connectivity index (χ1v) is 4.24. The highest BCUT2D eigenvalue weighted by Crippen LogP contribution is 2.36. The third-order valence-corrected chi connectivity index (χ3v) is 2.38. The van der Waals surface area contributed by atoms with Crippen molar-refractivity contribution in [3.8, 4) is 0 Å². The van der Waals surface area contributed by atoms with E-state index < -0.39 is 11.7 Å². The van der Waals surface area contributed by atoms with Crippen LogP contribution in [0.15, 0.2) is 18.7 Å². The zero-order valence-corrected chi connectivity index (χ0v) is 8.21. The van der Waals surface area contributed by atoms with Crippen molar-refractivity contribution >= 4 is 17.7 Å². The van der Waals surface area contributed by atoms with Crippen LogP contribution in [0.1, 0.15) is 16.7 Å². The molecule has 0 amide bonds. The molecule has 0 nitrogen and oxygen atoms in total. The van der Waals surface area contributed by atoms with Gasteiger partial charge in [-0.3, -0.25) is 0 Å². The highest BCUT2D eigenvalue weighted by atomic mass is 35.5. The molecule has 0 spiro atoms. The Kier molecular flexibility index (Phi) is 2.90. The Morgan fingerprint density at radius 2 is 1.93 bits per heavy atom. The van der Waals surface area contributed by atoms with Crippen LogP contribution in [0.4, 0.5) is 13.2 Å². The first-order chi connectivity index (χ1) is 6.38. The topological polar surface area (TPSA) is 0 Å². The lowest BCUT2D eigenvalue weighted by atomic mass is 10.0. The van der Waals surface area contributed by atoms with Crippen LogP contribution in [0.5, 0.6) is 0 Å². The molecule has 0 heterocycles. The first kappa shape index (κ1) is 11.1. The van der Waals surface area contributed by atoms with Gasteiger partial charge in [-0.25, -0.2) is 0 Å². The van der Waals surface area contributed by atoms with Gasteiger partial charge in [-0.1, -0.05) is 30.3 Å². The number of aryl methyl sites for hydroxylation is 1. The number of halogens is 4. The lowest BCUT2D eigenvalue weighted by Crippen LogP contribution is -2.08. The van der Waals surface area contributed by atoms with Crippen molar-refractivity contribution in [3.63, 3.8) is 0 Å². The number of hydrogen-bond donors (Lipinski definition) is 0. The third kappa shape index (κ3) is 1.93. The molecule has 0 aromatic heterocycles. The van der Waals surface area contributed by atoms with Crippen molar-refractivity contribution < 1.29 is 13.2 Å². The molecular weight excluding hydrogens is 213 g/mol.